The maximum Gasteiger partial charge on any atom is 0.254 e. The minimum Gasteiger partial charge on any atom is -0.489 e. The van der Waals surface area contributed by atoms with Crippen LogP contribution in [0.3, 0.4) is 0 Å². The molecular weight excluding hydrogens is 336 g/mol. The minimum absolute atomic E-state index is 0. The molecule has 3 rings (SSSR count). The van der Waals surface area contributed by atoms with Gasteiger partial charge < -0.3 is 15.0 Å². The van der Waals surface area contributed by atoms with E-state index in [2.05, 4.69) is 5.32 Å². The maximum absolute atomic E-state index is 12.7. The van der Waals surface area contributed by atoms with Crippen LogP contribution in [0.5, 0.6) is 5.75 Å². The number of nitrogens with zero attached hydrogens (tertiary/aromatic N) is 1. The van der Waals surface area contributed by atoms with Crippen molar-refractivity contribution in [3.63, 3.8) is 0 Å². The van der Waals surface area contributed by atoms with Crippen molar-refractivity contribution >= 4 is 18.3 Å². The van der Waals surface area contributed by atoms with Crippen molar-refractivity contribution in [3.05, 3.63) is 65.7 Å². The molecule has 5 heteroatoms. The highest BCUT2D eigenvalue weighted by Gasteiger charge is 2.23. The molecule has 1 N–H and O–H groups in total. The minimum atomic E-state index is 0. The smallest absolute Gasteiger partial charge is 0.254 e. The lowest BCUT2D eigenvalue weighted by molar-refractivity contribution is 0.0708. The first-order valence-electron chi connectivity index (χ1n) is 8.49. The van der Waals surface area contributed by atoms with E-state index in [1.165, 1.54) is 0 Å². The van der Waals surface area contributed by atoms with E-state index in [0.717, 1.165) is 37.2 Å². The van der Waals surface area contributed by atoms with Crippen LogP contribution in [0, 0.1) is 0 Å². The molecule has 2 aromatic rings. The van der Waals surface area contributed by atoms with Gasteiger partial charge in [-0.2, -0.15) is 0 Å². The average molecular weight is 361 g/mol. The first kappa shape index (κ1) is 19.3. The summed E-state index contributed by atoms with van der Waals surface area (Å²) in [6.45, 7) is 2.41. The van der Waals surface area contributed by atoms with Gasteiger partial charge in [0.2, 0.25) is 0 Å². The molecule has 0 aromatic heterocycles. The second kappa shape index (κ2) is 9.44. The van der Waals surface area contributed by atoms with Gasteiger partial charge in [0, 0.05) is 25.2 Å². The van der Waals surface area contributed by atoms with Gasteiger partial charge in [-0.15, -0.1) is 12.4 Å². The number of carbonyl (C=O) groups is 1. The Morgan fingerprint density at radius 1 is 1.20 bits per heavy atom. The summed E-state index contributed by atoms with van der Waals surface area (Å²) in [6.07, 6.45) is 2.17. The second-order valence-electron chi connectivity index (χ2n) is 6.22. The topological polar surface area (TPSA) is 41.6 Å². The first-order chi connectivity index (χ1) is 11.7. The van der Waals surface area contributed by atoms with E-state index in [1.807, 2.05) is 66.5 Å². The van der Waals surface area contributed by atoms with E-state index in [9.17, 15) is 4.79 Å². The molecular formula is C20H25ClN2O2. The van der Waals surface area contributed by atoms with E-state index in [-0.39, 0.29) is 24.4 Å². The summed E-state index contributed by atoms with van der Waals surface area (Å²) in [5.41, 5.74) is 1.79. The van der Waals surface area contributed by atoms with Gasteiger partial charge in [0.05, 0.1) is 0 Å². The summed E-state index contributed by atoms with van der Waals surface area (Å²) in [7, 11) is 1.89. The lowest BCUT2D eigenvalue weighted by Crippen LogP contribution is -2.46. The third kappa shape index (κ3) is 5.21. The van der Waals surface area contributed by atoms with Gasteiger partial charge in [-0.3, -0.25) is 4.79 Å². The van der Waals surface area contributed by atoms with Crippen molar-refractivity contribution in [3.8, 4) is 5.75 Å². The number of hydrogen-bond donors (Lipinski definition) is 1. The molecule has 1 atom stereocenters. The van der Waals surface area contributed by atoms with Crippen LogP contribution >= 0.6 is 12.4 Å². The number of ether oxygens (including phenoxy) is 1. The number of piperidine rings is 1. The highest BCUT2D eigenvalue weighted by Crippen LogP contribution is 2.18. The molecule has 1 heterocycles. The predicted molar refractivity (Wildman–Crippen MR) is 102 cm³/mol. The van der Waals surface area contributed by atoms with Gasteiger partial charge in [0.1, 0.15) is 12.4 Å². The van der Waals surface area contributed by atoms with E-state index in [4.69, 9.17) is 4.74 Å². The lowest BCUT2D eigenvalue weighted by Gasteiger charge is -2.31. The summed E-state index contributed by atoms with van der Waals surface area (Å²) in [5, 5.41) is 3.35. The Balaban J connectivity index is 0.00000225. The van der Waals surface area contributed by atoms with Crippen molar-refractivity contribution < 1.29 is 9.53 Å². The molecule has 0 radical (unpaired) electrons. The van der Waals surface area contributed by atoms with Gasteiger partial charge >= 0.3 is 0 Å². The second-order valence-corrected chi connectivity index (χ2v) is 6.22. The Morgan fingerprint density at radius 3 is 2.72 bits per heavy atom. The molecule has 1 fully saturated rings. The monoisotopic (exact) mass is 360 g/mol. The SMILES string of the molecule is CN(C(=O)c1cccc(OCc2ccccc2)c1)C1CCCNC1.Cl. The van der Waals surface area contributed by atoms with E-state index in [0.29, 0.717) is 12.2 Å². The molecule has 0 bridgehead atoms. The van der Waals surface area contributed by atoms with E-state index >= 15 is 0 Å². The van der Waals surface area contributed by atoms with Crippen LogP contribution in [0.15, 0.2) is 54.6 Å². The molecule has 25 heavy (non-hydrogen) atoms. The quantitative estimate of drug-likeness (QED) is 0.887. The van der Waals surface area contributed by atoms with Crippen LogP contribution < -0.4 is 10.1 Å². The van der Waals surface area contributed by atoms with Crippen molar-refractivity contribution in [1.29, 1.82) is 0 Å². The Hall–Kier alpha value is -2.04. The number of carbonyl (C=O) groups excluding carboxylic acids is 1. The van der Waals surface area contributed by atoms with Crippen molar-refractivity contribution in [2.45, 2.75) is 25.5 Å². The van der Waals surface area contributed by atoms with Crippen molar-refractivity contribution in [1.82, 2.24) is 10.2 Å². The van der Waals surface area contributed by atoms with Gasteiger partial charge in [-0.25, -0.2) is 0 Å². The highest BCUT2D eigenvalue weighted by atomic mass is 35.5. The largest absolute Gasteiger partial charge is 0.489 e. The number of amides is 1. The fourth-order valence-electron chi connectivity index (χ4n) is 2.99. The number of nitrogens with one attached hydrogen (secondary N) is 1. The zero-order chi connectivity index (χ0) is 16.8. The molecule has 4 nitrogen and oxygen atoms in total. The Morgan fingerprint density at radius 2 is 2.00 bits per heavy atom. The number of benzene rings is 2. The van der Waals surface area contributed by atoms with E-state index < -0.39 is 0 Å². The Bertz CT molecular complexity index is 672. The normalized spacial score (nSPS) is 16.6. The predicted octanol–water partition coefficient (Wildman–Crippen LogP) is 3.51. The zero-order valence-electron chi connectivity index (χ0n) is 14.5. The highest BCUT2D eigenvalue weighted by molar-refractivity contribution is 5.94. The summed E-state index contributed by atoms with van der Waals surface area (Å²) in [4.78, 5) is 14.6. The molecule has 0 saturated carbocycles. The lowest BCUT2D eigenvalue weighted by atomic mass is 10.1. The molecule has 1 aliphatic heterocycles. The van der Waals surface area contributed by atoms with Crippen LogP contribution in [0.4, 0.5) is 0 Å². The Labute approximate surface area is 155 Å². The van der Waals surface area contributed by atoms with Crippen LogP contribution in [0.2, 0.25) is 0 Å². The summed E-state index contributed by atoms with van der Waals surface area (Å²) in [5.74, 6) is 0.772. The van der Waals surface area contributed by atoms with Gasteiger partial charge in [-0.1, -0.05) is 36.4 Å². The Kier molecular flexibility index (Phi) is 7.29. The standard InChI is InChI=1S/C20H24N2O2.ClH/c1-22(18-10-6-12-21-14-18)20(23)17-9-5-11-19(13-17)24-15-16-7-3-2-4-8-16;/h2-5,7-9,11,13,18,21H,6,10,12,14-15H2,1H3;1H. The fourth-order valence-corrected chi connectivity index (χ4v) is 2.99. The third-order valence-corrected chi connectivity index (χ3v) is 4.47. The van der Waals surface area contributed by atoms with Crippen LogP contribution in [-0.2, 0) is 6.61 Å². The number of likely N-dealkylation sites (N-methyl/N-ethyl adjacent to an activating group) is 1. The van der Waals surface area contributed by atoms with Gasteiger partial charge in [0.15, 0.2) is 0 Å². The van der Waals surface area contributed by atoms with Crippen LogP contribution in [0.25, 0.3) is 0 Å². The molecule has 2 aromatic carbocycles. The van der Waals surface area contributed by atoms with Crippen molar-refractivity contribution in [2.24, 2.45) is 0 Å². The summed E-state index contributed by atoms with van der Waals surface area (Å²) in [6, 6.07) is 17.7. The molecule has 0 spiro atoms. The number of rotatable bonds is 5. The summed E-state index contributed by atoms with van der Waals surface area (Å²) >= 11 is 0. The van der Waals surface area contributed by atoms with E-state index in [1.54, 1.807) is 0 Å². The zero-order valence-corrected chi connectivity index (χ0v) is 15.3. The number of hydrogen-bond acceptors (Lipinski definition) is 3. The third-order valence-electron chi connectivity index (χ3n) is 4.47. The van der Waals surface area contributed by atoms with Gasteiger partial charge in [0.25, 0.3) is 5.91 Å². The molecule has 1 saturated heterocycles. The molecule has 0 aliphatic carbocycles. The van der Waals surface area contributed by atoms with Gasteiger partial charge in [-0.05, 0) is 43.1 Å². The molecule has 134 valence electrons. The van der Waals surface area contributed by atoms with Crippen LogP contribution in [0.1, 0.15) is 28.8 Å². The maximum atomic E-state index is 12.7. The summed E-state index contributed by atoms with van der Waals surface area (Å²) < 4.78 is 5.83. The first-order valence-corrected chi connectivity index (χ1v) is 8.49. The van der Waals surface area contributed by atoms with Crippen LogP contribution in [-0.4, -0.2) is 37.0 Å². The molecule has 1 amide bonds. The number of halogens is 1. The fraction of sp³-hybridized carbons (Fsp3) is 0.350. The molecule has 1 aliphatic rings. The average Bonchev–Trinajstić information content (AvgIpc) is 2.67. The molecule has 1 unspecified atom stereocenters. The van der Waals surface area contributed by atoms with Crippen molar-refractivity contribution in [2.75, 3.05) is 20.1 Å².